The topological polar surface area (TPSA) is 75.6 Å². The smallest absolute Gasteiger partial charge is 0.326 e. The van der Waals surface area contributed by atoms with Crippen LogP contribution in [0, 0.1) is 0 Å². The summed E-state index contributed by atoms with van der Waals surface area (Å²) >= 11 is 1.60. The van der Waals surface area contributed by atoms with Crippen LogP contribution < -0.4 is 5.32 Å². The predicted octanol–water partition coefficient (Wildman–Crippen LogP) is 2.12. The van der Waals surface area contributed by atoms with Crippen molar-refractivity contribution < 1.29 is 19.4 Å². The van der Waals surface area contributed by atoms with Gasteiger partial charge in [0, 0.05) is 30.4 Å². The Bertz CT molecular complexity index is 622. The third kappa shape index (κ3) is 3.34. The van der Waals surface area contributed by atoms with E-state index in [4.69, 9.17) is 9.84 Å². The summed E-state index contributed by atoms with van der Waals surface area (Å²) < 4.78 is 5.94. The number of hydrogen-bond acceptors (Lipinski definition) is 4. The molecule has 0 bridgehead atoms. The van der Waals surface area contributed by atoms with Gasteiger partial charge in [-0.1, -0.05) is 0 Å². The Hall–Kier alpha value is -1.92. The van der Waals surface area contributed by atoms with Gasteiger partial charge >= 0.3 is 5.97 Å². The van der Waals surface area contributed by atoms with E-state index in [-0.39, 0.29) is 18.9 Å². The molecule has 20 heavy (non-hydrogen) atoms. The number of hydrogen-bond donors (Lipinski definition) is 2. The highest BCUT2D eigenvalue weighted by molar-refractivity contribution is 7.17. The van der Waals surface area contributed by atoms with Crippen molar-refractivity contribution in [3.63, 3.8) is 0 Å². The number of carboxylic acid groups (broad SMARTS) is 1. The van der Waals surface area contributed by atoms with Crippen molar-refractivity contribution in [2.75, 3.05) is 13.7 Å². The SMILES string of the molecule is COCCC(NC(=O)c1ccc2sccc2c1)C(=O)O. The third-order valence-electron chi connectivity index (χ3n) is 2.93. The highest BCUT2D eigenvalue weighted by Crippen LogP contribution is 2.21. The van der Waals surface area contributed by atoms with Crippen molar-refractivity contribution in [3.8, 4) is 0 Å². The fourth-order valence-corrected chi connectivity index (χ4v) is 2.61. The molecule has 1 heterocycles. The lowest BCUT2D eigenvalue weighted by molar-refractivity contribution is -0.139. The number of carbonyl (C=O) groups excluding carboxylic acids is 1. The summed E-state index contributed by atoms with van der Waals surface area (Å²) in [5.74, 6) is -1.45. The first-order valence-electron chi connectivity index (χ1n) is 6.11. The van der Waals surface area contributed by atoms with Gasteiger partial charge in [-0.2, -0.15) is 0 Å². The Balaban J connectivity index is 2.10. The summed E-state index contributed by atoms with van der Waals surface area (Å²) in [6, 6.07) is 6.30. The summed E-state index contributed by atoms with van der Waals surface area (Å²) in [4.78, 5) is 23.2. The highest BCUT2D eigenvalue weighted by Gasteiger charge is 2.20. The predicted molar refractivity (Wildman–Crippen MR) is 77.2 cm³/mol. The summed E-state index contributed by atoms with van der Waals surface area (Å²) in [6.45, 7) is 0.279. The van der Waals surface area contributed by atoms with Crippen LogP contribution in [-0.4, -0.2) is 36.7 Å². The maximum absolute atomic E-state index is 12.1. The number of benzene rings is 1. The molecule has 1 atom stereocenters. The van der Waals surface area contributed by atoms with Crippen molar-refractivity contribution >= 4 is 33.3 Å². The second-order valence-electron chi connectivity index (χ2n) is 4.32. The zero-order valence-corrected chi connectivity index (χ0v) is 11.8. The minimum Gasteiger partial charge on any atom is -0.480 e. The molecule has 6 heteroatoms. The molecule has 1 aromatic carbocycles. The van der Waals surface area contributed by atoms with E-state index in [1.165, 1.54) is 7.11 Å². The Labute approximate surface area is 120 Å². The van der Waals surface area contributed by atoms with E-state index in [0.717, 1.165) is 10.1 Å². The first kappa shape index (κ1) is 14.5. The van der Waals surface area contributed by atoms with Gasteiger partial charge in [-0.05, 0) is 35.0 Å². The van der Waals surface area contributed by atoms with Gasteiger partial charge in [-0.25, -0.2) is 4.79 Å². The molecule has 0 spiro atoms. The van der Waals surface area contributed by atoms with E-state index in [1.807, 2.05) is 17.5 Å². The molecular formula is C14H15NO4S. The average Bonchev–Trinajstić information content (AvgIpc) is 2.90. The Morgan fingerprint density at radius 2 is 2.20 bits per heavy atom. The molecule has 1 unspecified atom stereocenters. The van der Waals surface area contributed by atoms with Crippen LogP contribution in [0.1, 0.15) is 16.8 Å². The van der Waals surface area contributed by atoms with Crippen LogP contribution in [0.4, 0.5) is 0 Å². The van der Waals surface area contributed by atoms with Gasteiger partial charge in [0.05, 0.1) is 0 Å². The van der Waals surface area contributed by atoms with Gasteiger partial charge in [-0.15, -0.1) is 11.3 Å². The molecule has 0 fully saturated rings. The molecule has 1 aromatic heterocycles. The number of carboxylic acids is 1. The number of nitrogens with one attached hydrogen (secondary N) is 1. The molecule has 0 saturated heterocycles. The van der Waals surface area contributed by atoms with Crippen LogP contribution in [0.25, 0.3) is 10.1 Å². The Kier molecular flexibility index (Phi) is 4.70. The van der Waals surface area contributed by atoms with Crippen LogP contribution in [0.15, 0.2) is 29.6 Å². The third-order valence-corrected chi connectivity index (χ3v) is 3.83. The first-order chi connectivity index (χ1) is 9.61. The van der Waals surface area contributed by atoms with E-state index in [0.29, 0.717) is 5.56 Å². The van der Waals surface area contributed by atoms with Gasteiger partial charge in [0.1, 0.15) is 6.04 Å². The van der Waals surface area contributed by atoms with Crippen LogP contribution in [0.5, 0.6) is 0 Å². The van der Waals surface area contributed by atoms with Crippen molar-refractivity contribution in [3.05, 3.63) is 35.2 Å². The van der Waals surface area contributed by atoms with Gasteiger partial charge in [0.15, 0.2) is 0 Å². The van der Waals surface area contributed by atoms with Crippen LogP contribution in [-0.2, 0) is 9.53 Å². The fourth-order valence-electron chi connectivity index (χ4n) is 1.84. The molecule has 2 aromatic rings. The Morgan fingerprint density at radius 1 is 1.40 bits per heavy atom. The van der Waals surface area contributed by atoms with Gasteiger partial charge in [0.2, 0.25) is 0 Å². The van der Waals surface area contributed by atoms with Crippen LogP contribution in [0.3, 0.4) is 0 Å². The lowest BCUT2D eigenvalue weighted by atomic mass is 10.1. The zero-order chi connectivity index (χ0) is 14.5. The lowest BCUT2D eigenvalue weighted by Gasteiger charge is -2.14. The maximum Gasteiger partial charge on any atom is 0.326 e. The Morgan fingerprint density at radius 3 is 2.90 bits per heavy atom. The van der Waals surface area contributed by atoms with Crippen molar-refractivity contribution in [2.24, 2.45) is 0 Å². The first-order valence-corrected chi connectivity index (χ1v) is 6.99. The lowest BCUT2D eigenvalue weighted by Crippen LogP contribution is -2.41. The van der Waals surface area contributed by atoms with E-state index < -0.39 is 12.0 Å². The maximum atomic E-state index is 12.1. The van der Waals surface area contributed by atoms with E-state index >= 15 is 0 Å². The van der Waals surface area contributed by atoms with Crippen molar-refractivity contribution in [2.45, 2.75) is 12.5 Å². The van der Waals surface area contributed by atoms with E-state index in [2.05, 4.69) is 5.32 Å². The van der Waals surface area contributed by atoms with E-state index in [1.54, 1.807) is 23.5 Å². The van der Waals surface area contributed by atoms with Crippen molar-refractivity contribution in [1.29, 1.82) is 0 Å². The number of amides is 1. The number of methoxy groups -OCH3 is 1. The van der Waals surface area contributed by atoms with Gasteiger partial charge in [0.25, 0.3) is 5.91 Å². The summed E-state index contributed by atoms with van der Waals surface area (Å²) in [7, 11) is 1.49. The molecule has 0 radical (unpaired) electrons. The molecule has 0 aliphatic rings. The van der Waals surface area contributed by atoms with Gasteiger partial charge < -0.3 is 15.2 Å². The molecule has 106 valence electrons. The molecule has 1 amide bonds. The average molecular weight is 293 g/mol. The zero-order valence-electron chi connectivity index (χ0n) is 11.0. The number of aliphatic carboxylic acids is 1. The molecule has 0 aliphatic heterocycles. The molecule has 0 aliphatic carbocycles. The normalized spacial score (nSPS) is 12.2. The number of ether oxygens (including phenoxy) is 1. The number of thiophene rings is 1. The van der Waals surface area contributed by atoms with Gasteiger partial charge in [-0.3, -0.25) is 4.79 Å². The quantitative estimate of drug-likeness (QED) is 0.855. The largest absolute Gasteiger partial charge is 0.480 e. The molecule has 2 N–H and O–H groups in total. The van der Waals surface area contributed by atoms with Crippen LogP contribution >= 0.6 is 11.3 Å². The summed E-state index contributed by atoms with van der Waals surface area (Å²) in [5.41, 5.74) is 0.458. The summed E-state index contributed by atoms with van der Waals surface area (Å²) in [6.07, 6.45) is 0.234. The van der Waals surface area contributed by atoms with Crippen molar-refractivity contribution in [1.82, 2.24) is 5.32 Å². The molecule has 2 rings (SSSR count). The standard InChI is InChI=1S/C14H15NO4S/c1-19-6-4-11(14(17)18)15-13(16)10-2-3-12-9(8-10)5-7-20-12/h2-3,5,7-8,11H,4,6H2,1H3,(H,15,16)(H,17,18). The molecular weight excluding hydrogens is 278 g/mol. The molecule has 0 saturated carbocycles. The molecule has 5 nitrogen and oxygen atoms in total. The fraction of sp³-hybridized carbons (Fsp3) is 0.286. The summed E-state index contributed by atoms with van der Waals surface area (Å²) in [5, 5.41) is 14.5. The second kappa shape index (κ2) is 6.49. The number of carbonyl (C=O) groups is 2. The highest BCUT2D eigenvalue weighted by atomic mass is 32.1. The van der Waals surface area contributed by atoms with Crippen LogP contribution in [0.2, 0.25) is 0 Å². The monoisotopic (exact) mass is 293 g/mol. The minimum absolute atomic E-state index is 0.234. The van der Waals surface area contributed by atoms with E-state index in [9.17, 15) is 9.59 Å². The second-order valence-corrected chi connectivity index (χ2v) is 5.27. The number of fused-ring (bicyclic) bond motifs is 1. The number of rotatable bonds is 6. The minimum atomic E-state index is -1.06.